The van der Waals surface area contributed by atoms with Crippen LogP contribution in [0.4, 0.5) is 13.2 Å². The molecule has 1 saturated heterocycles. The summed E-state index contributed by atoms with van der Waals surface area (Å²) in [5, 5.41) is 8.95. The maximum atomic E-state index is 12.9. The van der Waals surface area contributed by atoms with E-state index < -0.39 is 24.0 Å². The molecule has 0 amide bonds. The minimum Gasteiger partial charge on any atom is -0.497 e. The number of nitrogens with zero attached hydrogens (tertiary/aromatic N) is 1. The molecule has 1 aromatic rings. The van der Waals surface area contributed by atoms with E-state index in [0.717, 1.165) is 0 Å². The monoisotopic (exact) mass is 333 g/mol. The van der Waals surface area contributed by atoms with E-state index in [9.17, 15) is 18.0 Å². The first kappa shape index (κ1) is 17.4. The number of ether oxygens (including phenoxy) is 2. The second kappa shape index (κ2) is 7.08. The SMILES string of the molecule is COc1ccc(OCCN2C[C@@H](C(F)(F)F)[C@H](C(=O)O)C2)cc1. The van der Waals surface area contributed by atoms with E-state index in [-0.39, 0.29) is 26.2 Å². The highest BCUT2D eigenvalue weighted by atomic mass is 19.4. The number of halogens is 3. The van der Waals surface area contributed by atoms with Crippen molar-refractivity contribution in [3.05, 3.63) is 24.3 Å². The van der Waals surface area contributed by atoms with E-state index in [2.05, 4.69) is 0 Å². The van der Waals surface area contributed by atoms with Gasteiger partial charge in [0, 0.05) is 19.6 Å². The lowest BCUT2D eigenvalue weighted by Crippen LogP contribution is -2.33. The van der Waals surface area contributed by atoms with Gasteiger partial charge >= 0.3 is 12.1 Å². The Morgan fingerprint density at radius 1 is 1.26 bits per heavy atom. The van der Waals surface area contributed by atoms with Crippen LogP contribution in [0, 0.1) is 11.8 Å². The standard InChI is InChI=1S/C15H18F3NO4/c1-22-10-2-4-11(5-3-10)23-7-6-19-8-12(14(20)21)13(9-19)15(16,17)18/h2-5,12-13H,6-9H2,1H3,(H,20,21)/t12-,13-/m1/s1. The highest BCUT2D eigenvalue weighted by molar-refractivity contribution is 5.71. The third kappa shape index (κ3) is 4.51. The average molecular weight is 333 g/mol. The molecule has 0 bridgehead atoms. The first-order chi connectivity index (χ1) is 10.8. The van der Waals surface area contributed by atoms with Gasteiger partial charge in [0.25, 0.3) is 0 Å². The molecule has 0 spiro atoms. The molecule has 0 unspecified atom stereocenters. The van der Waals surface area contributed by atoms with Crippen LogP contribution in [0.1, 0.15) is 0 Å². The Morgan fingerprint density at radius 3 is 2.35 bits per heavy atom. The van der Waals surface area contributed by atoms with Crippen LogP contribution >= 0.6 is 0 Å². The molecule has 23 heavy (non-hydrogen) atoms. The van der Waals surface area contributed by atoms with Gasteiger partial charge < -0.3 is 14.6 Å². The molecule has 1 aliphatic rings. The van der Waals surface area contributed by atoms with Crippen LogP contribution in [0.3, 0.4) is 0 Å². The summed E-state index contributed by atoms with van der Waals surface area (Å²) < 4.78 is 49.1. The Kier molecular flexibility index (Phi) is 5.35. The molecule has 1 N–H and O–H groups in total. The number of alkyl halides is 3. The molecule has 0 aromatic heterocycles. The molecule has 1 aromatic carbocycles. The lowest BCUT2D eigenvalue weighted by Gasteiger charge is -2.18. The second-order valence-corrected chi connectivity index (χ2v) is 5.38. The maximum Gasteiger partial charge on any atom is 0.393 e. The van der Waals surface area contributed by atoms with Gasteiger partial charge in [0.1, 0.15) is 18.1 Å². The number of rotatable bonds is 6. The Labute approximate surface area is 131 Å². The zero-order valence-electron chi connectivity index (χ0n) is 12.5. The van der Waals surface area contributed by atoms with Crippen LogP contribution in [-0.2, 0) is 4.79 Å². The van der Waals surface area contributed by atoms with Crippen molar-refractivity contribution < 1.29 is 32.5 Å². The van der Waals surface area contributed by atoms with E-state index in [1.807, 2.05) is 0 Å². The largest absolute Gasteiger partial charge is 0.497 e. The van der Waals surface area contributed by atoms with Crippen LogP contribution in [0.2, 0.25) is 0 Å². The molecular weight excluding hydrogens is 315 g/mol. The molecule has 0 radical (unpaired) electrons. The summed E-state index contributed by atoms with van der Waals surface area (Å²) in [6, 6.07) is 6.82. The zero-order chi connectivity index (χ0) is 17.0. The van der Waals surface area contributed by atoms with Crippen molar-refractivity contribution >= 4 is 5.97 Å². The molecule has 0 saturated carbocycles. The molecular formula is C15H18F3NO4. The summed E-state index contributed by atoms with van der Waals surface area (Å²) in [6.07, 6.45) is -4.51. The summed E-state index contributed by atoms with van der Waals surface area (Å²) in [4.78, 5) is 12.5. The maximum absolute atomic E-state index is 12.9. The number of carboxylic acids is 1. The molecule has 2 rings (SSSR count). The molecule has 128 valence electrons. The van der Waals surface area contributed by atoms with Crippen molar-refractivity contribution in [2.45, 2.75) is 6.18 Å². The lowest BCUT2D eigenvalue weighted by atomic mass is 9.96. The zero-order valence-corrected chi connectivity index (χ0v) is 12.5. The smallest absolute Gasteiger partial charge is 0.393 e. The van der Waals surface area contributed by atoms with Crippen molar-refractivity contribution in [2.24, 2.45) is 11.8 Å². The Balaban J connectivity index is 1.85. The number of carbonyl (C=O) groups is 1. The van der Waals surface area contributed by atoms with Gasteiger partial charge in [0.05, 0.1) is 18.9 Å². The van der Waals surface area contributed by atoms with Gasteiger partial charge in [0.15, 0.2) is 0 Å². The average Bonchev–Trinajstić information content (AvgIpc) is 2.93. The van der Waals surface area contributed by atoms with Gasteiger partial charge in [0.2, 0.25) is 0 Å². The van der Waals surface area contributed by atoms with E-state index >= 15 is 0 Å². The number of methoxy groups -OCH3 is 1. The van der Waals surface area contributed by atoms with Crippen molar-refractivity contribution in [3.8, 4) is 11.5 Å². The minimum atomic E-state index is -4.51. The minimum absolute atomic E-state index is 0.120. The predicted molar refractivity (Wildman–Crippen MR) is 75.6 cm³/mol. The fraction of sp³-hybridized carbons (Fsp3) is 0.533. The molecule has 8 heteroatoms. The van der Waals surface area contributed by atoms with Crippen LogP contribution in [0.25, 0.3) is 0 Å². The summed E-state index contributed by atoms with van der Waals surface area (Å²) in [5.74, 6) is -3.41. The van der Waals surface area contributed by atoms with Crippen LogP contribution in [0.15, 0.2) is 24.3 Å². The topological polar surface area (TPSA) is 59.0 Å². The quantitative estimate of drug-likeness (QED) is 0.865. The van der Waals surface area contributed by atoms with Gasteiger partial charge in [-0.1, -0.05) is 0 Å². The molecule has 1 fully saturated rings. The first-order valence-corrected chi connectivity index (χ1v) is 7.10. The Morgan fingerprint density at radius 2 is 1.87 bits per heavy atom. The van der Waals surface area contributed by atoms with Crippen LogP contribution < -0.4 is 9.47 Å². The summed E-state index contributed by atoms with van der Waals surface area (Å²) in [7, 11) is 1.54. The van der Waals surface area contributed by atoms with Gasteiger partial charge in [-0.25, -0.2) is 0 Å². The van der Waals surface area contributed by atoms with E-state index in [0.29, 0.717) is 11.5 Å². The summed E-state index contributed by atoms with van der Waals surface area (Å²) >= 11 is 0. The van der Waals surface area contributed by atoms with Gasteiger partial charge in [-0.15, -0.1) is 0 Å². The van der Waals surface area contributed by atoms with Crippen molar-refractivity contribution in [1.82, 2.24) is 4.90 Å². The van der Waals surface area contributed by atoms with Gasteiger partial charge in [-0.3, -0.25) is 9.69 Å². The third-order valence-corrected chi connectivity index (χ3v) is 3.87. The van der Waals surface area contributed by atoms with Crippen LogP contribution in [0.5, 0.6) is 11.5 Å². The normalized spacial score (nSPS) is 22.1. The first-order valence-electron chi connectivity index (χ1n) is 7.10. The molecule has 0 aliphatic carbocycles. The van der Waals surface area contributed by atoms with E-state index in [4.69, 9.17) is 14.6 Å². The highest BCUT2D eigenvalue weighted by Gasteiger charge is 2.52. The second-order valence-electron chi connectivity index (χ2n) is 5.38. The van der Waals surface area contributed by atoms with Crippen molar-refractivity contribution in [2.75, 3.05) is 33.4 Å². The van der Waals surface area contributed by atoms with Gasteiger partial charge in [-0.05, 0) is 24.3 Å². The Bertz CT molecular complexity index is 533. The Hall–Kier alpha value is -1.96. The summed E-state index contributed by atoms with van der Waals surface area (Å²) in [6.45, 7) is -0.0104. The highest BCUT2D eigenvalue weighted by Crippen LogP contribution is 2.37. The lowest BCUT2D eigenvalue weighted by molar-refractivity contribution is -0.188. The number of carboxylic acid groups (broad SMARTS) is 1. The number of benzene rings is 1. The van der Waals surface area contributed by atoms with Crippen LogP contribution in [-0.4, -0.2) is 55.5 Å². The summed E-state index contributed by atoms with van der Waals surface area (Å²) in [5.41, 5.74) is 0. The van der Waals surface area contributed by atoms with Crippen molar-refractivity contribution in [3.63, 3.8) is 0 Å². The predicted octanol–water partition coefficient (Wildman–Crippen LogP) is 2.27. The van der Waals surface area contributed by atoms with Gasteiger partial charge in [-0.2, -0.15) is 13.2 Å². The van der Waals surface area contributed by atoms with Crippen molar-refractivity contribution in [1.29, 1.82) is 0 Å². The fourth-order valence-corrected chi connectivity index (χ4v) is 2.61. The fourth-order valence-electron chi connectivity index (χ4n) is 2.61. The number of hydrogen-bond donors (Lipinski definition) is 1. The molecule has 2 atom stereocenters. The number of likely N-dealkylation sites (tertiary alicyclic amines) is 1. The third-order valence-electron chi connectivity index (χ3n) is 3.87. The molecule has 1 aliphatic heterocycles. The number of aliphatic carboxylic acids is 1. The van der Waals surface area contributed by atoms with E-state index in [1.165, 1.54) is 4.90 Å². The number of hydrogen-bond acceptors (Lipinski definition) is 4. The molecule has 5 nitrogen and oxygen atoms in total. The van der Waals surface area contributed by atoms with E-state index in [1.54, 1.807) is 31.4 Å². The molecule has 1 heterocycles.